The molecule has 0 spiro atoms. The summed E-state index contributed by atoms with van der Waals surface area (Å²) in [5.41, 5.74) is 3.28. The lowest BCUT2D eigenvalue weighted by Crippen LogP contribution is -2.33. The fourth-order valence-electron chi connectivity index (χ4n) is 3.90. The average molecular weight is 393 g/mol. The molecule has 3 N–H and O–H groups in total. The Balaban J connectivity index is 0.000000211. The van der Waals surface area contributed by atoms with Crippen LogP contribution in [0.25, 0.3) is 22.6 Å². The number of nitrogens with zero attached hydrogens (tertiary/aromatic N) is 4. The van der Waals surface area contributed by atoms with E-state index in [0.717, 1.165) is 28.9 Å². The number of rotatable bonds is 4. The molecule has 0 saturated carbocycles. The summed E-state index contributed by atoms with van der Waals surface area (Å²) in [6.45, 7) is 0. The minimum Gasteiger partial charge on any atom is -0.481 e. The minimum atomic E-state index is 0.509. The Labute approximate surface area is 170 Å². The van der Waals surface area contributed by atoms with Crippen molar-refractivity contribution in [2.24, 2.45) is 0 Å². The molecule has 0 amide bonds. The highest BCUT2D eigenvalue weighted by atomic mass is 16.5. The predicted octanol–water partition coefficient (Wildman–Crippen LogP) is 3.27. The van der Waals surface area contributed by atoms with Crippen molar-refractivity contribution in [3.63, 3.8) is 0 Å². The Morgan fingerprint density at radius 1 is 1.03 bits per heavy atom. The van der Waals surface area contributed by atoms with E-state index in [-0.39, 0.29) is 0 Å². The predicted molar refractivity (Wildman–Crippen MR) is 113 cm³/mol. The first kappa shape index (κ1) is 19.3. The molecule has 2 saturated heterocycles. The van der Waals surface area contributed by atoms with Gasteiger partial charge < -0.3 is 15.4 Å². The third kappa shape index (κ3) is 4.54. The number of aromatic amines is 1. The zero-order chi connectivity index (χ0) is 20.1. The SMILES string of the molecule is C1CC2CCC(C1)N2.CNc1cnc(-c2ccc(-c3cn[nH]c3)c(OC)n2)nc1. The number of pyridine rings is 1. The Morgan fingerprint density at radius 2 is 1.79 bits per heavy atom. The number of methoxy groups -OCH3 is 1. The summed E-state index contributed by atoms with van der Waals surface area (Å²) in [5, 5.41) is 13.3. The van der Waals surface area contributed by atoms with Gasteiger partial charge in [-0.1, -0.05) is 6.42 Å². The van der Waals surface area contributed by atoms with E-state index in [4.69, 9.17) is 4.74 Å². The number of ether oxygens (including phenoxy) is 1. The first-order valence-corrected chi connectivity index (χ1v) is 10.1. The van der Waals surface area contributed by atoms with E-state index in [1.807, 2.05) is 19.2 Å². The zero-order valence-electron chi connectivity index (χ0n) is 16.9. The van der Waals surface area contributed by atoms with Crippen LogP contribution in [0.4, 0.5) is 5.69 Å². The molecule has 0 aromatic carbocycles. The van der Waals surface area contributed by atoms with Gasteiger partial charge in [0.2, 0.25) is 5.88 Å². The number of aromatic nitrogens is 5. The molecule has 29 heavy (non-hydrogen) atoms. The van der Waals surface area contributed by atoms with Gasteiger partial charge in [0.15, 0.2) is 5.82 Å². The molecule has 5 heterocycles. The number of fused-ring (bicyclic) bond motifs is 2. The molecular formula is C21H27N7O. The van der Waals surface area contributed by atoms with E-state index in [1.54, 1.807) is 31.9 Å². The van der Waals surface area contributed by atoms with Gasteiger partial charge in [0.1, 0.15) is 5.69 Å². The van der Waals surface area contributed by atoms with Crippen LogP contribution < -0.4 is 15.4 Å². The largest absolute Gasteiger partial charge is 0.481 e. The van der Waals surface area contributed by atoms with Gasteiger partial charge in [-0.25, -0.2) is 15.0 Å². The van der Waals surface area contributed by atoms with Crippen LogP contribution in [0.1, 0.15) is 32.1 Å². The molecule has 0 radical (unpaired) electrons. The van der Waals surface area contributed by atoms with Crippen molar-refractivity contribution >= 4 is 5.69 Å². The van der Waals surface area contributed by atoms with Gasteiger partial charge in [-0.2, -0.15) is 5.10 Å². The molecule has 2 aliphatic heterocycles. The number of hydrogen-bond donors (Lipinski definition) is 3. The molecular weight excluding hydrogens is 366 g/mol. The van der Waals surface area contributed by atoms with Gasteiger partial charge in [-0.05, 0) is 37.8 Å². The quantitative estimate of drug-likeness (QED) is 0.625. The second kappa shape index (κ2) is 9.00. The van der Waals surface area contributed by atoms with Crippen LogP contribution in [0.15, 0.2) is 36.9 Å². The zero-order valence-corrected chi connectivity index (χ0v) is 16.9. The number of anilines is 1. The molecule has 3 aromatic heterocycles. The number of nitrogens with one attached hydrogen (secondary N) is 3. The fourth-order valence-corrected chi connectivity index (χ4v) is 3.90. The van der Waals surface area contributed by atoms with Gasteiger partial charge in [0.25, 0.3) is 0 Å². The smallest absolute Gasteiger partial charge is 0.221 e. The van der Waals surface area contributed by atoms with Crippen molar-refractivity contribution < 1.29 is 4.74 Å². The van der Waals surface area contributed by atoms with Crippen LogP contribution in [0.5, 0.6) is 5.88 Å². The fraction of sp³-hybridized carbons (Fsp3) is 0.429. The van der Waals surface area contributed by atoms with E-state index in [9.17, 15) is 0 Å². The Morgan fingerprint density at radius 3 is 2.38 bits per heavy atom. The van der Waals surface area contributed by atoms with Crippen molar-refractivity contribution in [1.29, 1.82) is 0 Å². The van der Waals surface area contributed by atoms with Crippen LogP contribution in [0.2, 0.25) is 0 Å². The first-order valence-electron chi connectivity index (χ1n) is 10.1. The lowest BCUT2D eigenvalue weighted by molar-refractivity contribution is 0.400. The van der Waals surface area contributed by atoms with E-state index in [0.29, 0.717) is 17.4 Å². The van der Waals surface area contributed by atoms with Crippen molar-refractivity contribution in [2.45, 2.75) is 44.2 Å². The molecule has 2 unspecified atom stereocenters. The minimum absolute atomic E-state index is 0.509. The average Bonchev–Trinajstić information content (AvgIpc) is 3.43. The topological polar surface area (TPSA) is 101 Å². The number of H-pyrrole nitrogens is 1. The number of piperidine rings is 1. The summed E-state index contributed by atoms with van der Waals surface area (Å²) in [6.07, 6.45) is 14.2. The van der Waals surface area contributed by atoms with E-state index >= 15 is 0 Å². The Bertz CT molecular complexity index is 897. The highest BCUT2D eigenvalue weighted by Gasteiger charge is 2.26. The molecule has 2 fully saturated rings. The lowest BCUT2D eigenvalue weighted by Gasteiger charge is -2.19. The maximum Gasteiger partial charge on any atom is 0.221 e. The van der Waals surface area contributed by atoms with Crippen LogP contribution >= 0.6 is 0 Å². The first-order chi connectivity index (χ1) is 14.3. The van der Waals surface area contributed by atoms with Gasteiger partial charge in [-0.15, -0.1) is 0 Å². The molecule has 152 valence electrons. The summed E-state index contributed by atoms with van der Waals surface area (Å²) in [7, 11) is 3.40. The number of hydrogen-bond acceptors (Lipinski definition) is 7. The van der Waals surface area contributed by atoms with Crippen LogP contribution in [0, 0.1) is 0 Å². The van der Waals surface area contributed by atoms with Gasteiger partial charge >= 0.3 is 0 Å². The van der Waals surface area contributed by atoms with Crippen LogP contribution in [-0.4, -0.2) is 51.4 Å². The molecule has 0 aliphatic carbocycles. The maximum atomic E-state index is 5.36. The third-order valence-corrected chi connectivity index (χ3v) is 5.47. The Kier molecular flexibility index (Phi) is 6.00. The standard InChI is InChI=1S/C14H14N6O.C7H13N/c1-15-10-7-16-13(17-8-10)12-4-3-11(14(20-12)21-2)9-5-18-19-6-9;1-2-6-4-5-7(3-1)8-6/h3-8,15H,1-2H3,(H,18,19);6-8H,1-5H2. The Hall–Kier alpha value is -3.00. The highest BCUT2D eigenvalue weighted by molar-refractivity contribution is 5.69. The van der Waals surface area contributed by atoms with Crippen molar-refractivity contribution in [3.05, 3.63) is 36.9 Å². The third-order valence-electron chi connectivity index (χ3n) is 5.47. The molecule has 8 heteroatoms. The molecule has 8 nitrogen and oxygen atoms in total. The van der Waals surface area contributed by atoms with E-state index in [2.05, 4.69) is 35.8 Å². The highest BCUT2D eigenvalue weighted by Crippen LogP contribution is 2.29. The summed E-state index contributed by atoms with van der Waals surface area (Å²) in [4.78, 5) is 13.0. The van der Waals surface area contributed by atoms with Gasteiger partial charge in [0, 0.05) is 36.5 Å². The lowest BCUT2D eigenvalue weighted by atomic mass is 10.1. The normalized spacial score (nSPS) is 19.9. The van der Waals surface area contributed by atoms with Crippen molar-refractivity contribution in [1.82, 2.24) is 30.5 Å². The van der Waals surface area contributed by atoms with E-state index < -0.39 is 0 Å². The van der Waals surface area contributed by atoms with Gasteiger partial charge in [-0.3, -0.25) is 5.10 Å². The molecule has 2 atom stereocenters. The van der Waals surface area contributed by atoms with Gasteiger partial charge in [0.05, 0.1) is 31.4 Å². The summed E-state index contributed by atoms with van der Waals surface area (Å²) < 4.78 is 5.36. The van der Waals surface area contributed by atoms with Crippen molar-refractivity contribution in [2.75, 3.05) is 19.5 Å². The van der Waals surface area contributed by atoms with Crippen LogP contribution in [0.3, 0.4) is 0 Å². The molecule has 5 rings (SSSR count). The molecule has 3 aromatic rings. The molecule has 2 bridgehead atoms. The van der Waals surface area contributed by atoms with E-state index in [1.165, 1.54) is 32.1 Å². The second-order valence-electron chi connectivity index (χ2n) is 7.35. The summed E-state index contributed by atoms with van der Waals surface area (Å²) in [5.74, 6) is 1.06. The monoisotopic (exact) mass is 393 g/mol. The maximum absolute atomic E-state index is 5.36. The van der Waals surface area contributed by atoms with Crippen molar-refractivity contribution in [3.8, 4) is 28.5 Å². The van der Waals surface area contributed by atoms with Crippen LogP contribution in [-0.2, 0) is 0 Å². The summed E-state index contributed by atoms with van der Waals surface area (Å²) >= 11 is 0. The summed E-state index contributed by atoms with van der Waals surface area (Å²) in [6, 6.07) is 5.60. The molecule has 2 aliphatic rings. The second-order valence-corrected chi connectivity index (χ2v) is 7.35.